The second-order valence-corrected chi connectivity index (χ2v) is 4.87. The van der Waals surface area contributed by atoms with Crippen molar-refractivity contribution in [1.82, 2.24) is 4.90 Å². The second kappa shape index (κ2) is 6.43. The highest BCUT2D eigenvalue weighted by Gasteiger charge is 2.30. The quantitative estimate of drug-likeness (QED) is 0.893. The maximum atomic E-state index is 13.6. The zero-order valence-electron chi connectivity index (χ0n) is 11.6. The average molecular weight is 296 g/mol. The molecule has 0 bridgehead atoms. The Kier molecular flexibility index (Phi) is 4.62. The smallest absolute Gasteiger partial charge is 0.322 e. The molecule has 0 aromatic heterocycles. The van der Waals surface area contributed by atoms with Crippen LogP contribution in [0.3, 0.4) is 0 Å². The highest BCUT2D eigenvalue weighted by Crippen LogP contribution is 2.24. The van der Waals surface area contributed by atoms with Gasteiger partial charge in [-0.25, -0.2) is 9.18 Å². The van der Waals surface area contributed by atoms with Crippen LogP contribution in [0.15, 0.2) is 18.2 Å². The van der Waals surface area contributed by atoms with E-state index in [0.717, 1.165) is 6.42 Å². The van der Waals surface area contributed by atoms with Gasteiger partial charge in [0.05, 0.1) is 13.5 Å². The fourth-order valence-electron chi connectivity index (χ4n) is 2.46. The van der Waals surface area contributed by atoms with Crippen molar-refractivity contribution in [3.8, 4) is 5.75 Å². The lowest BCUT2D eigenvalue weighted by atomic mass is 10.1. The number of anilines is 1. The first-order valence-corrected chi connectivity index (χ1v) is 6.64. The summed E-state index contributed by atoms with van der Waals surface area (Å²) in [4.78, 5) is 24.4. The number of ether oxygens (including phenoxy) is 1. The van der Waals surface area contributed by atoms with Gasteiger partial charge in [0.1, 0.15) is 0 Å². The lowest BCUT2D eigenvalue weighted by Crippen LogP contribution is -2.39. The molecule has 7 heteroatoms. The Morgan fingerprint density at radius 2 is 2.29 bits per heavy atom. The molecule has 21 heavy (non-hydrogen) atoms. The molecule has 0 saturated carbocycles. The van der Waals surface area contributed by atoms with Gasteiger partial charge in [0.15, 0.2) is 11.6 Å². The van der Waals surface area contributed by atoms with Gasteiger partial charge >= 0.3 is 12.0 Å². The zero-order chi connectivity index (χ0) is 15.4. The third kappa shape index (κ3) is 3.62. The van der Waals surface area contributed by atoms with E-state index in [0.29, 0.717) is 18.7 Å². The van der Waals surface area contributed by atoms with E-state index in [1.54, 1.807) is 0 Å². The van der Waals surface area contributed by atoms with Gasteiger partial charge in [0.2, 0.25) is 0 Å². The first kappa shape index (κ1) is 15.1. The molecule has 1 atom stereocenters. The van der Waals surface area contributed by atoms with Crippen LogP contribution in [0.25, 0.3) is 0 Å². The van der Waals surface area contributed by atoms with Crippen molar-refractivity contribution in [3.63, 3.8) is 0 Å². The molecule has 2 N–H and O–H groups in total. The molecule has 1 heterocycles. The summed E-state index contributed by atoms with van der Waals surface area (Å²) in [6.07, 6.45) is 1.35. The van der Waals surface area contributed by atoms with Gasteiger partial charge < -0.3 is 20.1 Å². The molecule has 1 aliphatic rings. The van der Waals surface area contributed by atoms with Crippen LogP contribution in [0.5, 0.6) is 5.75 Å². The van der Waals surface area contributed by atoms with Crippen molar-refractivity contribution in [2.24, 2.45) is 0 Å². The number of hydrogen-bond donors (Lipinski definition) is 2. The number of methoxy groups -OCH3 is 1. The summed E-state index contributed by atoms with van der Waals surface area (Å²) in [6.45, 7) is 0.502. The average Bonchev–Trinajstić information content (AvgIpc) is 2.86. The molecule has 114 valence electrons. The van der Waals surface area contributed by atoms with E-state index in [2.05, 4.69) is 5.32 Å². The van der Waals surface area contributed by atoms with Crippen molar-refractivity contribution in [2.75, 3.05) is 19.0 Å². The number of nitrogens with zero attached hydrogens (tertiary/aromatic N) is 1. The summed E-state index contributed by atoms with van der Waals surface area (Å²) in [5.41, 5.74) is 0.305. The Balaban J connectivity index is 2.03. The fourth-order valence-corrected chi connectivity index (χ4v) is 2.46. The molecular weight excluding hydrogens is 279 g/mol. The number of urea groups is 1. The van der Waals surface area contributed by atoms with Crippen LogP contribution < -0.4 is 10.1 Å². The van der Waals surface area contributed by atoms with Crippen LogP contribution in [0, 0.1) is 5.82 Å². The molecule has 2 rings (SSSR count). The van der Waals surface area contributed by atoms with Gasteiger partial charge in [-0.15, -0.1) is 0 Å². The lowest BCUT2D eigenvalue weighted by Gasteiger charge is -2.23. The van der Waals surface area contributed by atoms with Crippen LogP contribution in [0.2, 0.25) is 0 Å². The molecule has 0 radical (unpaired) electrons. The van der Waals surface area contributed by atoms with Crippen LogP contribution in [-0.4, -0.2) is 41.7 Å². The van der Waals surface area contributed by atoms with Crippen molar-refractivity contribution >= 4 is 17.7 Å². The van der Waals surface area contributed by atoms with E-state index >= 15 is 0 Å². The summed E-state index contributed by atoms with van der Waals surface area (Å²) in [6, 6.07) is 3.39. The van der Waals surface area contributed by atoms with Gasteiger partial charge in [-0.05, 0) is 25.0 Å². The minimum Gasteiger partial charge on any atom is -0.494 e. The summed E-state index contributed by atoms with van der Waals surface area (Å²) in [7, 11) is 1.36. The van der Waals surface area contributed by atoms with Gasteiger partial charge in [0.25, 0.3) is 0 Å². The molecule has 1 unspecified atom stereocenters. The Hall–Kier alpha value is -2.31. The third-order valence-corrected chi connectivity index (χ3v) is 3.45. The maximum Gasteiger partial charge on any atom is 0.322 e. The number of carboxylic acids is 1. The SMILES string of the molecule is COc1ccc(NC(=O)N2CCCC2CC(=O)O)cc1F. The molecule has 1 aliphatic heterocycles. The summed E-state index contributed by atoms with van der Waals surface area (Å²) >= 11 is 0. The van der Waals surface area contributed by atoms with Gasteiger partial charge in [-0.3, -0.25) is 4.79 Å². The van der Waals surface area contributed by atoms with E-state index < -0.39 is 17.8 Å². The number of benzene rings is 1. The predicted octanol–water partition coefficient (Wildman–Crippen LogP) is 2.31. The Morgan fingerprint density at radius 1 is 1.52 bits per heavy atom. The van der Waals surface area contributed by atoms with Crippen molar-refractivity contribution in [2.45, 2.75) is 25.3 Å². The molecule has 1 saturated heterocycles. The largest absolute Gasteiger partial charge is 0.494 e. The predicted molar refractivity (Wildman–Crippen MR) is 74.0 cm³/mol. The fraction of sp³-hybridized carbons (Fsp3) is 0.429. The Bertz CT molecular complexity index is 550. The Morgan fingerprint density at radius 3 is 2.90 bits per heavy atom. The minimum absolute atomic E-state index is 0.0790. The molecule has 1 aromatic carbocycles. The number of amides is 2. The van der Waals surface area contributed by atoms with E-state index in [4.69, 9.17) is 9.84 Å². The van der Waals surface area contributed by atoms with E-state index in [-0.39, 0.29) is 18.2 Å². The number of hydrogen-bond acceptors (Lipinski definition) is 3. The molecule has 1 fully saturated rings. The second-order valence-electron chi connectivity index (χ2n) is 4.87. The van der Waals surface area contributed by atoms with Crippen molar-refractivity contribution in [3.05, 3.63) is 24.0 Å². The number of carboxylic acid groups (broad SMARTS) is 1. The van der Waals surface area contributed by atoms with Gasteiger partial charge in [-0.2, -0.15) is 0 Å². The monoisotopic (exact) mass is 296 g/mol. The number of halogens is 1. The zero-order valence-corrected chi connectivity index (χ0v) is 11.6. The lowest BCUT2D eigenvalue weighted by molar-refractivity contribution is -0.137. The minimum atomic E-state index is -0.935. The summed E-state index contributed by atoms with van der Waals surface area (Å²) in [5.74, 6) is -1.41. The summed E-state index contributed by atoms with van der Waals surface area (Å²) in [5, 5.41) is 11.4. The van der Waals surface area contributed by atoms with Crippen LogP contribution >= 0.6 is 0 Å². The summed E-state index contributed by atoms with van der Waals surface area (Å²) < 4.78 is 18.4. The van der Waals surface area contributed by atoms with Crippen LogP contribution in [-0.2, 0) is 4.79 Å². The molecule has 1 aromatic rings. The number of likely N-dealkylation sites (tertiary alicyclic amines) is 1. The maximum absolute atomic E-state index is 13.6. The number of carbonyl (C=O) groups is 2. The molecule has 6 nitrogen and oxygen atoms in total. The standard InChI is InChI=1S/C14H17FN2O4/c1-21-12-5-4-9(7-11(12)15)16-14(20)17-6-2-3-10(17)8-13(18)19/h4-5,7,10H,2-3,6,8H2,1H3,(H,16,20)(H,18,19). The van der Waals surface area contributed by atoms with Crippen molar-refractivity contribution in [1.29, 1.82) is 0 Å². The van der Waals surface area contributed by atoms with E-state index in [1.807, 2.05) is 0 Å². The molecular formula is C14H17FN2O4. The van der Waals surface area contributed by atoms with Crippen LogP contribution in [0.1, 0.15) is 19.3 Å². The van der Waals surface area contributed by atoms with Crippen LogP contribution in [0.4, 0.5) is 14.9 Å². The number of aliphatic carboxylic acids is 1. The molecule has 0 aliphatic carbocycles. The number of nitrogens with one attached hydrogen (secondary N) is 1. The van der Waals surface area contributed by atoms with Gasteiger partial charge in [-0.1, -0.05) is 0 Å². The Labute approximate surface area is 121 Å². The van der Waals surface area contributed by atoms with E-state index in [9.17, 15) is 14.0 Å². The topological polar surface area (TPSA) is 78.9 Å². The highest BCUT2D eigenvalue weighted by molar-refractivity contribution is 5.90. The first-order valence-electron chi connectivity index (χ1n) is 6.64. The van der Waals surface area contributed by atoms with Crippen molar-refractivity contribution < 1.29 is 23.8 Å². The highest BCUT2D eigenvalue weighted by atomic mass is 19.1. The van der Waals surface area contributed by atoms with E-state index in [1.165, 1.54) is 30.2 Å². The first-order chi connectivity index (χ1) is 10.0. The molecule has 0 spiro atoms. The third-order valence-electron chi connectivity index (χ3n) is 3.45. The number of carbonyl (C=O) groups excluding carboxylic acids is 1. The number of rotatable bonds is 4. The van der Waals surface area contributed by atoms with Gasteiger partial charge in [0, 0.05) is 24.3 Å². The normalized spacial score (nSPS) is 17.6. The molecule has 2 amide bonds.